The summed E-state index contributed by atoms with van der Waals surface area (Å²) in [5.74, 6) is 0.0538. The molecule has 0 saturated carbocycles. The minimum Gasteiger partial charge on any atom is -0.507 e. The van der Waals surface area contributed by atoms with Crippen LogP contribution < -0.4 is 11.1 Å². The van der Waals surface area contributed by atoms with Gasteiger partial charge in [0, 0.05) is 53.9 Å². The van der Waals surface area contributed by atoms with Crippen LogP contribution in [0.5, 0.6) is 11.5 Å². The molecule has 8 heteroatoms. The molecule has 0 amide bonds. The highest BCUT2D eigenvalue weighted by atomic mass is 16.3. The van der Waals surface area contributed by atoms with Crippen LogP contribution in [0, 0.1) is 0 Å². The van der Waals surface area contributed by atoms with E-state index in [4.69, 9.17) is 9.97 Å². The lowest BCUT2D eigenvalue weighted by Gasteiger charge is -2.19. The molecule has 44 heavy (non-hydrogen) atoms. The molecule has 0 radical (unpaired) electrons. The van der Waals surface area contributed by atoms with E-state index in [1.54, 1.807) is 33.1 Å². The molecule has 0 spiro atoms. The van der Waals surface area contributed by atoms with Gasteiger partial charge in [-0.1, -0.05) is 36.4 Å². The second kappa shape index (κ2) is 7.02. The maximum Gasteiger partial charge on any atom is 0.264 e. The summed E-state index contributed by atoms with van der Waals surface area (Å²) in [5, 5.41) is 30.9. The Bertz CT molecular complexity index is 3010. The van der Waals surface area contributed by atoms with E-state index in [0.29, 0.717) is 98.0 Å². The van der Waals surface area contributed by atoms with Gasteiger partial charge in [-0.05, 0) is 59.3 Å². The second-order valence-corrected chi connectivity index (χ2v) is 11.6. The number of fused-ring (bicyclic) bond motifs is 10. The van der Waals surface area contributed by atoms with Crippen molar-refractivity contribution in [1.82, 2.24) is 18.8 Å². The van der Waals surface area contributed by atoms with Crippen molar-refractivity contribution in [3.8, 4) is 11.5 Å². The van der Waals surface area contributed by atoms with Crippen LogP contribution in [0.25, 0.3) is 98.0 Å². The van der Waals surface area contributed by atoms with E-state index >= 15 is 0 Å². The zero-order valence-electron chi connectivity index (χ0n) is 22.6. The molecule has 0 fully saturated rings. The largest absolute Gasteiger partial charge is 0.507 e. The van der Waals surface area contributed by atoms with Crippen LogP contribution in [0.15, 0.2) is 94.5 Å². The molecular formula is C36H16N4O4. The Morgan fingerprint density at radius 1 is 0.455 bits per heavy atom. The third-order valence-electron chi connectivity index (χ3n) is 9.53. The average molecular weight is 569 g/mol. The van der Waals surface area contributed by atoms with Gasteiger partial charge in [-0.25, -0.2) is 9.97 Å². The third-order valence-corrected chi connectivity index (χ3v) is 9.53. The number of phenolic OH excluding ortho intramolecular Hbond substituents is 2. The fourth-order valence-electron chi connectivity index (χ4n) is 7.84. The van der Waals surface area contributed by atoms with Crippen molar-refractivity contribution in [2.75, 3.05) is 0 Å². The predicted molar refractivity (Wildman–Crippen MR) is 173 cm³/mol. The van der Waals surface area contributed by atoms with E-state index in [0.717, 1.165) is 0 Å². The van der Waals surface area contributed by atoms with Gasteiger partial charge in [-0.3, -0.25) is 18.4 Å². The summed E-state index contributed by atoms with van der Waals surface area (Å²) < 4.78 is 3.21. The predicted octanol–water partition coefficient (Wildman–Crippen LogP) is 6.65. The van der Waals surface area contributed by atoms with Crippen molar-refractivity contribution in [3.63, 3.8) is 0 Å². The molecule has 0 unspecified atom stereocenters. The zero-order valence-corrected chi connectivity index (χ0v) is 22.6. The van der Waals surface area contributed by atoms with Gasteiger partial charge in [0.2, 0.25) is 0 Å². The summed E-state index contributed by atoms with van der Waals surface area (Å²) in [5.41, 5.74) is 3.30. The van der Waals surface area contributed by atoms with Crippen LogP contribution in [0.1, 0.15) is 0 Å². The highest BCUT2D eigenvalue weighted by molar-refractivity contribution is 6.42. The maximum atomic E-state index is 14.0. The van der Waals surface area contributed by atoms with E-state index in [2.05, 4.69) is 0 Å². The molecule has 204 valence electrons. The number of nitrogens with zero attached hydrogens (tertiary/aromatic N) is 4. The molecule has 0 bridgehead atoms. The van der Waals surface area contributed by atoms with Crippen LogP contribution in [0.2, 0.25) is 0 Å². The first-order chi connectivity index (χ1) is 21.5. The Hall–Kier alpha value is -6.28. The van der Waals surface area contributed by atoms with Crippen molar-refractivity contribution in [2.45, 2.75) is 0 Å². The van der Waals surface area contributed by atoms with Gasteiger partial charge in [0.05, 0.1) is 22.1 Å². The summed E-state index contributed by atoms with van der Waals surface area (Å²) in [7, 11) is 0. The van der Waals surface area contributed by atoms with Crippen LogP contribution in [-0.4, -0.2) is 29.0 Å². The Kier molecular flexibility index (Phi) is 3.56. The Morgan fingerprint density at radius 2 is 0.864 bits per heavy atom. The minimum atomic E-state index is -0.200. The molecule has 0 saturated heterocycles. The summed E-state index contributed by atoms with van der Waals surface area (Å²) in [4.78, 5) is 37.6. The standard InChI is InChI=1S/C36H16N4O4/c41-25-13-19-27-17(35(43)39-23-7-3-1-5-21(23)37-33(19)39)11-9-15-30-26(42)14-20-28-18(12-10-16(32(28)30)29(25)31(15)27)36(44)40-24-8-4-2-6-22(24)38-34(20)40/h1-14,41-42H. The molecule has 4 heterocycles. The summed E-state index contributed by atoms with van der Waals surface area (Å²) in [6.07, 6.45) is 0. The third kappa shape index (κ3) is 2.27. The number of aromatic hydroxyl groups is 2. The van der Waals surface area contributed by atoms with Crippen molar-refractivity contribution < 1.29 is 10.2 Å². The number of hydrogen-bond acceptors (Lipinski definition) is 6. The van der Waals surface area contributed by atoms with E-state index in [1.165, 1.54) is 0 Å². The highest BCUT2D eigenvalue weighted by Crippen LogP contribution is 2.50. The van der Waals surface area contributed by atoms with Crippen molar-refractivity contribution in [3.05, 3.63) is 106 Å². The molecule has 11 rings (SSSR count). The van der Waals surface area contributed by atoms with Gasteiger partial charge < -0.3 is 10.2 Å². The molecule has 2 N–H and O–H groups in total. The molecule has 8 nitrogen and oxygen atoms in total. The Balaban J connectivity index is 1.45. The number of pyridine rings is 2. The Morgan fingerprint density at radius 3 is 1.32 bits per heavy atom. The second-order valence-electron chi connectivity index (χ2n) is 11.6. The monoisotopic (exact) mass is 568 g/mol. The zero-order chi connectivity index (χ0) is 29.2. The highest BCUT2D eigenvalue weighted by Gasteiger charge is 2.26. The van der Waals surface area contributed by atoms with Gasteiger partial charge >= 0.3 is 0 Å². The molecule has 0 aliphatic carbocycles. The van der Waals surface area contributed by atoms with Gasteiger partial charge in [-0.2, -0.15) is 0 Å². The molecule has 11 aromatic rings. The van der Waals surface area contributed by atoms with Gasteiger partial charge in [0.1, 0.15) is 22.8 Å². The first-order valence-electron chi connectivity index (χ1n) is 14.2. The van der Waals surface area contributed by atoms with Crippen LogP contribution in [0.4, 0.5) is 0 Å². The van der Waals surface area contributed by atoms with E-state index in [1.807, 2.05) is 60.7 Å². The first kappa shape index (κ1) is 22.3. The summed E-state index contributed by atoms with van der Waals surface area (Å²) >= 11 is 0. The normalized spacial score (nSPS) is 12.9. The number of aromatic nitrogens is 4. The number of rotatable bonds is 0. The minimum absolute atomic E-state index is 0.0269. The smallest absolute Gasteiger partial charge is 0.264 e. The lowest BCUT2D eigenvalue weighted by molar-refractivity contribution is 0.481. The lowest BCUT2D eigenvalue weighted by Crippen LogP contribution is -2.14. The van der Waals surface area contributed by atoms with Crippen LogP contribution in [-0.2, 0) is 0 Å². The molecule has 7 aromatic carbocycles. The van der Waals surface area contributed by atoms with E-state index < -0.39 is 0 Å². The maximum absolute atomic E-state index is 14.0. The van der Waals surface area contributed by atoms with Crippen LogP contribution in [0.3, 0.4) is 0 Å². The quantitative estimate of drug-likeness (QED) is 0.157. The van der Waals surface area contributed by atoms with Gasteiger partial charge in [0.15, 0.2) is 0 Å². The molecule has 4 aromatic heterocycles. The number of benzene rings is 7. The molecule has 0 atom stereocenters. The van der Waals surface area contributed by atoms with Gasteiger partial charge in [0.25, 0.3) is 11.1 Å². The average Bonchev–Trinajstić information content (AvgIpc) is 3.62. The lowest BCUT2D eigenvalue weighted by atomic mass is 9.85. The fraction of sp³-hybridized carbons (Fsp3) is 0. The first-order valence-corrected chi connectivity index (χ1v) is 14.2. The number of imidazole rings is 2. The molecule has 0 aliphatic heterocycles. The number of phenols is 2. The van der Waals surface area contributed by atoms with Crippen molar-refractivity contribution >= 4 is 98.0 Å². The molecular weight excluding hydrogens is 552 g/mol. The van der Waals surface area contributed by atoms with E-state index in [9.17, 15) is 19.8 Å². The van der Waals surface area contributed by atoms with Crippen molar-refractivity contribution in [1.29, 1.82) is 0 Å². The Labute approximate surface area is 243 Å². The number of para-hydroxylation sites is 4. The number of hydrogen-bond donors (Lipinski definition) is 2. The summed E-state index contributed by atoms with van der Waals surface area (Å²) in [6.45, 7) is 0. The SMILES string of the molecule is O=c1c2ccc3c4c(O)cc5c6c(ccc(c7c(O)cc(c2c37)c2nc3ccccc3n12)c46)c(=O)n1c2ccccc2nc51. The molecule has 0 aliphatic rings. The fourth-order valence-corrected chi connectivity index (χ4v) is 7.84. The van der Waals surface area contributed by atoms with E-state index in [-0.39, 0.29) is 22.6 Å². The van der Waals surface area contributed by atoms with Crippen molar-refractivity contribution in [2.24, 2.45) is 0 Å². The summed E-state index contributed by atoms with van der Waals surface area (Å²) in [6, 6.07) is 25.5. The topological polar surface area (TPSA) is 109 Å². The van der Waals surface area contributed by atoms with Crippen LogP contribution >= 0.6 is 0 Å². The van der Waals surface area contributed by atoms with Gasteiger partial charge in [-0.15, -0.1) is 0 Å².